The van der Waals surface area contributed by atoms with E-state index in [1.807, 2.05) is 0 Å². The second kappa shape index (κ2) is 19.1. The first-order valence-electron chi connectivity index (χ1n) is 29.9. The van der Waals surface area contributed by atoms with Gasteiger partial charge in [-0.2, -0.15) is 0 Å². The Hall–Kier alpha value is -7.36. The molecule has 12 rings (SSSR count). The lowest BCUT2D eigenvalue weighted by Crippen LogP contribution is -2.61. The molecule has 0 saturated carbocycles. The maximum atomic E-state index is 2.62. The van der Waals surface area contributed by atoms with Gasteiger partial charge in [0.25, 0.3) is 6.71 Å². The quantitative estimate of drug-likeness (QED) is 0.153. The highest BCUT2D eigenvalue weighted by atomic mass is 15.2. The first kappa shape index (κ1) is 54.2. The molecule has 0 radical (unpaired) electrons. The number of nitrogens with zero attached hydrogens (tertiary/aromatic N) is 2. The van der Waals surface area contributed by atoms with Crippen LogP contribution >= 0.6 is 0 Å². The minimum absolute atomic E-state index is 0.00674. The van der Waals surface area contributed by atoms with E-state index in [9.17, 15) is 0 Å². The van der Waals surface area contributed by atoms with Crippen LogP contribution in [0.3, 0.4) is 0 Å². The van der Waals surface area contributed by atoms with Gasteiger partial charge in [-0.15, -0.1) is 0 Å². The van der Waals surface area contributed by atoms with Gasteiger partial charge < -0.3 is 9.80 Å². The summed E-state index contributed by atoms with van der Waals surface area (Å²) in [5.41, 5.74) is 29.5. The minimum atomic E-state index is -0.0807. The summed E-state index contributed by atoms with van der Waals surface area (Å²) in [6.07, 6.45) is 2.33. The van der Waals surface area contributed by atoms with Crippen molar-refractivity contribution >= 4 is 57.2 Å². The van der Waals surface area contributed by atoms with Crippen molar-refractivity contribution in [3.8, 4) is 44.5 Å². The third-order valence-corrected chi connectivity index (χ3v) is 18.5. The second-order valence-electron chi connectivity index (χ2n) is 29.4. The van der Waals surface area contributed by atoms with E-state index in [2.05, 4.69) is 309 Å². The molecule has 9 aromatic carbocycles. The molecule has 9 aromatic rings. The molecular formula is C78H83BN2. The monoisotopic (exact) mass is 1060 g/mol. The van der Waals surface area contributed by atoms with Crippen LogP contribution in [0, 0.1) is 0 Å². The number of hydrogen-bond acceptors (Lipinski definition) is 2. The van der Waals surface area contributed by atoms with Gasteiger partial charge in [-0.25, -0.2) is 0 Å². The Kier molecular flexibility index (Phi) is 12.8. The van der Waals surface area contributed by atoms with E-state index in [0.29, 0.717) is 0 Å². The van der Waals surface area contributed by atoms with Crippen LogP contribution in [0.5, 0.6) is 0 Å². The van der Waals surface area contributed by atoms with Crippen LogP contribution in [-0.4, -0.2) is 6.71 Å². The number of hydrogen-bond donors (Lipinski definition) is 0. The highest BCUT2D eigenvalue weighted by Gasteiger charge is 2.46. The molecule has 2 heterocycles. The molecule has 0 fully saturated rings. The first-order chi connectivity index (χ1) is 38.2. The van der Waals surface area contributed by atoms with Crippen LogP contribution in [-0.2, 0) is 32.5 Å². The van der Waals surface area contributed by atoms with Crippen LogP contribution in [0.1, 0.15) is 157 Å². The lowest BCUT2D eigenvalue weighted by Gasteiger charge is -2.45. The van der Waals surface area contributed by atoms with E-state index >= 15 is 0 Å². The fraction of sp³-hybridized carbons (Fsp3) is 0.308. The predicted molar refractivity (Wildman–Crippen MR) is 352 cm³/mol. The molecule has 0 aromatic heterocycles. The van der Waals surface area contributed by atoms with Crippen molar-refractivity contribution in [3.05, 3.63) is 221 Å². The summed E-state index contributed by atoms with van der Waals surface area (Å²) in [6.45, 7) is 37.8. The maximum absolute atomic E-state index is 2.62. The molecule has 0 unspecified atom stereocenters. The predicted octanol–water partition coefficient (Wildman–Crippen LogP) is 20.0. The van der Waals surface area contributed by atoms with Crippen molar-refractivity contribution in [2.45, 2.75) is 156 Å². The van der Waals surface area contributed by atoms with Crippen molar-refractivity contribution in [1.29, 1.82) is 0 Å². The van der Waals surface area contributed by atoms with Gasteiger partial charge in [0, 0.05) is 34.0 Å². The van der Waals surface area contributed by atoms with E-state index in [-0.39, 0.29) is 39.2 Å². The number of para-hydroxylation sites is 1. The van der Waals surface area contributed by atoms with Gasteiger partial charge in [0.2, 0.25) is 0 Å². The van der Waals surface area contributed by atoms with Crippen molar-refractivity contribution in [3.63, 3.8) is 0 Å². The molecule has 81 heavy (non-hydrogen) atoms. The number of anilines is 6. The van der Waals surface area contributed by atoms with Crippen molar-refractivity contribution in [2.75, 3.05) is 9.80 Å². The van der Waals surface area contributed by atoms with E-state index in [1.54, 1.807) is 0 Å². The standard InChI is InChI=1S/C78H83BN2/c1-73(2,3)56-34-29-50(30-35-56)55-46-69-72-70(47-55)81(66-28-21-20-25-61(66)52-23-18-17-19-24-52)68-40-36-57(74(4,5)6)49-65(68)79(72)64-45-53(62-26-22-27-63-71(62)78(15,16)42-41-77(63,13)14)33-39-67(64)80(69)60-37-31-51(32-38-60)54-43-58(75(7,8)9)48-59(44-54)76(10,11)12/h17-40,43-49H,41-42H2,1-16H3. The Morgan fingerprint density at radius 2 is 0.827 bits per heavy atom. The molecule has 3 aliphatic rings. The molecule has 0 atom stereocenters. The van der Waals surface area contributed by atoms with Crippen LogP contribution in [0.2, 0.25) is 0 Å². The van der Waals surface area contributed by atoms with Crippen LogP contribution in [0.15, 0.2) is 188 Å². The topological polar surface area (TPSA) is 6.48 Å². The Morgan fingerprint density at radius 1 is 0.333 bits per heavy atom. The summed E-state index contributed by atoms with van der Waals surface area (Å²) in [4.78, 5) is 5.24. The molecule has 0 saturated heterocycles. The zero-order valence-electron chi connectivity index (χ0n) is 51.3. The number of rotatable bonds is 6. The summed E-state index contributed by atoms with van der Waals surface area (Å²) in [5, 5.41) is 0. The van der Waals surface area contributed by atoms with Gasteiger partial charge in [0.15, 0.2) is 0 Å². The summed E-state index contributed by atoms with van der Waals surface area (Å²) >= 11 is 0. The lowest BCUT2D eigenvalue weighted by molar-refractivity contribution is 0.333. The third kappa shape index (κ3) is 9.57. The zero-order chi connectivity index (χ0) is 57.3. The molecular weight excluding hydrogens is 976 g/mol. The van der Waals surface area contributed by atoms with Gasteiger partial charge >= 0.3 is 0 Å². The highest BCUT2D eigenvalue weighted by molar-refractivity contribution is 7.00. The molecule has 2 nitrogen and oxygen atoms in total. The molecule has 408 valence electrons. The molecule has 0 N–H and O–H groups in total. The molecule has 0 spiro atoms. The Morgan fingerprint density at radius 3 is 1.46 bits per heavy atom. The highest BCUT2D eigenvalue weighted by Crippen LogP contribution is 2.52. The lowest BCUT2D eigenvalue weighted by atomic mass is 9.33. The van der Waals surface area contributed by atoms with Gasteiger partial charge in [0.05, 0.1) is 5.69 Å². The molecule has 0 bridgehead atoms. The normalized spacial score (nSPS) is 15.4. The van der Waals surface area contributed by atoms with Gasteiger partial charge in [-0.1, -0.05) is 256 Å². The fourth-order valence-electron chi connectivity index (χ4n) is 13.5. The van der Waals surface area contributed by atoms with Gasteiger partial charge in [-0.3, -0.25) is 0 Å². The Labute approximate surface area is 486 Å². The smallest absolute Gasteiger partial charge is 0.252 e. The molecule has 0 amide bonds. The van der Waals surface area contributed by atoms with Crippen molar-refractivity contribution in [1.82, 2.24) is 0 Å². The third-order valence-electron chi connectivity index (χ3n) is 18.5. The molecule has 3 heteroatoms. The van der Waals surface area contributed by atoms with E-state index in [1.165, 1.54) is 123 Å². The molecule has 2 aliphatic heterocycles. The van der Waals surface area contributed by atoms with Crippen molar-refractivity contribution in [2.24, 2.45) is 0 Å². The van der Waals surface area contributed by atoms with Gasteiger partial charge in [-0.05, 0) is 177 Å². The van der Waals surface area contributed by atoms with Gasteiger partial charge in [0.1, 0.15) is 0 Å². The van der Waals surface area contributed by atoms with Crippen molar-refractivity contribution < 1.29 is 0 Å². The summed E-state index contributed by atoms with van der Waals surface area (Å²) in [7, 11) is 0. The first-order valence-corrected chi connectivity index (χ1v) is 29.9. The summed E-state index contributed by atoms with van der Waals surface area (Å²) in [6, 6.07) is 73.3. The van der Waals surface area contributed by atoms with E-state index in [0.717, 1.165) is 17.8 Å². The average molecular weight is 1060 g/mol. The SMILES string of the molecule is CC(C)(C)c1ccc(-c2cc3c4c(c2)N(c2ccccc2-c2ccccc2)c2ccc(C(C)(C)C)cc2B4c2cc(-c4cccc5c4C(C)(C)CCC5(C)C)ccc2N3c2ccc(-c3cc(C(C)(C)C)cc(C(C)(C)C)c3)cc2)cc1. The average Bonchev–Trinajstić information content (AvgIpc) is 1.55. The number of fused-ring (bicyclic) bond motifs is 5. The number of benzene rings is 9. The largest absolute Gasteiger partial charge is 0.311 e. The van der Waals surface area contributed by atoms with Crippen LogP contribution in [0.4, 0.5) is 34.1 Å². The fourth-order valence-corrected chi connectivity index (χ4v) is 13.5. The second-order valence-corrected chi connectivity index (χ2v) is 29.4. The van der Waals surface area contributed by atoms with Crippen LogP contribution < -0.4 is 26.2 Å². The van der Waals surface area contributed by atoms with E-state index < -0.39 is 0 Å². The summed E-state index contributed by atoms with van der Waals surface area (Å²) in [5.74, 6) is 0. The van der Waals surface area contributed by atoms with Crippen LogP contribution in [0.25, 0.3) is 44.5 Å². The Balaban J connectivity index is 1.18. The summed E-state index contributed by atoms with van der Waals surface area (Å²) < 4.78 is 0. The van der Waals surface area contributed by atoms with E-state index in [4.69, 9.17) is 0 Å². The Bertz CT molecular complexity index is 3870. The molecule has 1 aliphatic carbocycles. The minimum Gasteiger partial charge on any atom is -0.311 e. The maximum Gasteiger partial charge on any atom is 0.252 e. The zero-order valence-corrected chi connectivity index (χ0v) is 51.3.